The van der Waals surface area contributed by atoms with Crippen molar-refractivity contribution in [1.82, 2.24) is 5.32 Å². The molecule has 0 aromatic carbocycles. The van der Waals surface area contributed by atoms with Crippen molar-refractivity contribution in [1.29, 1.82) is 0 Å². The van der Waals surface area contributed by atoms with Gasteiger partial charge in [-0.15, -0.1) is 0 Å². The lowest BCUT2D eigenvalue weighted by Gasteiger charge is -2.18. The van der Waals surface area contributed by atoms with E-state index < -0.39 is 6.04 Å². The molecule has 256 valence electrons. The topological polar surface area (TPSA) is 81.4 Å². The molecule has 0 rings (SSSR count). The minimum atomic E-state index is -0.535. The molecule has 3 N–H and O–H groups in total. The maximum atomic E-state index is 12.7. The normalized spacial score (nSPS) is 12.0. The standard InChI is InChI=1S/C38H76N2O3/c1-3-5-7-9-11-13-15-17-19-21-23-25-27-31-35-43-38(42)36(32-29-30-34-39)40-37(41)33-28-26-24-22-20-18-16-14-12-10-8-6-4-2/h36H,3-35,39H2,1-2H3,(H,40,41)/t36-/m0/s1. The zero-order chi connectivity index (χ0) is 31.5. The molecule has 0 fully saturated rings. The molecule has 0 aromatic rings. The van der Waals surface area contributed by atoms with E-state index >= 15 is 0 Å². The number of nitrogens with one attached hydrogen (secondary N) is 1. The van der Waals surface area contributed by atoms with Crippen LogP contribution in [0.1, 0.15) is 213 Å². The van der Waals surface area contributed by atoms with Gasteiger partial charge in [-0.05, 0) is 38.6 Å². The summed E-state index contributed by atoms with van der Waals surface area (Å²) in [5.41, 5.74) is 5.65. The van der Waals surface area contributed by atoms with Gasteiger partial charge in [0.15, 0.2) is 0 Å². The van der Waals surface area contributed by atoms with Crippen molar-refractivity contribution >= 4 is 11.9 Å². The third kappa shape index (κ3) is 32.1. The first-order chi connectivity index (χ1) is 21.2. The van der Waals surface area contributed by atoms with E-state index in [9.17, 15) is 9.59 Å². The van der Waals surface area contributed by atoms with Gasteiger partial charge in [0.1, 0.15) is 6.04 Å². The molecule has 43 heavy (non-hydrogen) atoms. The third-order valence-corrected chi connectivity index (χ3v) is 8.82. The number of nitrogens with two attached hydrogens (primary N) is 1. The highest BCUT2D eigenvalue weighted by Crippen LogP contribution is 2.15. The Kier molecular flexibility index (Phi) is 34.5. The van der Waals surface area contributed by atoms with E-state index in [1.165, 1.54) is 148 Å². The summed E-state index contributed by atoms with van der Waals surface area (Å²) in [5.74, 6) is -0.292. The van der Waals surface area contributed by atoms with Crippen LogP contribution in [0.2, 0.25) is 0 Å². The smallest absolute Gasteiger partial charge is 0.328 e. The Morgan fingerprint density at radius 2 is 0.884 bits per heavy atom. The molecule has 5 nitrogen and oxygen atoms in total. The van der Waals surface area contributed by atoms with Gasteiger partial charge >= 0.3 is 5.97 Å². The summed E-state index contributed by atoms with van der Waals surface area (Å²) in [6.07, 6.45) is 37.9. The Morgan fingerprint density at radius 3 is 1.28 bits per heavy atom. The van der Waals surface area contributed by atoms with Crippen LogP contribution in [0.4, 0.5) is 0 Å². The lowest BCUT2D eigenvalue weighted by molar-refractivity contribution is -0.148. The highest BCUT2D eigenvalue weighted by Gasteiger charge is 2.21. The van der Waals surface area contributed by atoms with Crippen LogP contribution in [0.5, 0.6) is 0 Å². The Hall–Kier alpha value is -1.10. The number of hydrogen-bond donors (Lipinski definition) is 2. The van der Waals surface area contributed by atoms with Crippen molar-refractivity contribution in [3.8, 4) is 0 Å². The quantitative estimate of drug-likeness (QED) is 0.0554. The van der Waals surface area contributed by atoms with Gasteiger partial charge in [0.05, 0.1) is 6.61 Å². The van der Waals surface area contributed by atoms with E-state index in [1.54, 1.807) is 0 Å². The van der Waals surface area contributed by atoms with Crippen LogP contribution in [0.3, 0.4) is 0 Å². The van der Waals surface area contributed by atoms with Crippen LogP contribution in [0.25, 0.3) is 0 Å². The summed E-state index contributed by atoms with van der Waals surface area (Å²) in [6.45, 7) is 5.61. The lowest BCUT2D eigenvalue weighted by Crippen LogP contribution is -2.42. The minimum Gasteiger partial charge on any atom is -0.464 e. The first-order valence-electron chi connectivity index (χ1n) is 19.3. The summed E-state index contributed by atoms with van der Waals surface area (Å²) in [7, 11) is 0. The minimum absolute atomic E-state index is 0.0192. The monoisotopic (exact) mass is 609 g/mol. The zero-order valence-electron chi connectivity index (χ0n) is 29.2. The van der Waals surface area contributed by atoms with Gasteiger partial charge in [-0.2, -0.15) is 0 Å². The second-order valence-corrected chi connectivity index (χ2v) is 13.2. The SMILES string of the molecule is CCCCCCCCCCCCCCCCOC(=O)[C@H](CCCCN)NC(=O)CCCCCCCCCCCCCCC. The number of ether oxygens (including phenoxy) is 1. The fourth-order valence-electron chi connectivity index (χ4n) is 5.88. The predicted molar refractivity (Wildman–Crippen MR) is 186 cm³/mol. The first-order valence-corrected chi connectivity index (χ1v) is 19.3. The predicted octanol–water partition coefficient (Wildman–Crippen LogP) is 11.1. The fraction of sp³-hybridized carbons (Fsp3) is 0.947. The average molecular weight is 609 g/mol. The molecule has 1 amide bonds. The van der Waals surface area contributed by atoms with Crippen LogP contribution in [-0.2, 0) is 14.3 Å². The highest BCUT2D eigenvalue weighted by atomic mass is 16.5. The molecule has 0 spiro atoms. The molecule has 0 aliphatic carbocycles. The summed E-state index contributed by atoms with van der Waals surface area (Å²) < 4.78 is 5.58. The lowest BCUT2D eigenvalue weighted by atomic mass is 10.0. The molecule has 0 heterocycles. The molecule has 0 saturated carbocycles. The number of unbranched alkanes of at least 4 members (excludes halogenated alkanes) is 26. The third-order valence-electron chi connectivity index (χ3n) is 8.82. The summed E-state index contributed by atoms with van der Waals surface area (Å²) >= 11 is 0. The van der Waals surface area contributed by atoms with Gasteiger partial charge in [-0.25, -0.2) is 4.79 Å². The molecule has 5 heteroatoms. The first kappa shape index (κ1) is 41.9. The molecule has 0 unspecified atom stereocenters. The molecular formula is C38H76N2O3. The summed E-state index contributed by atoms with van der Waals surface area (Å²) in [6, 6.07) is -0.535. The molecule has 0 aliphatic heterocycles. The van der Waals surface area contributed by atoms with Crippen molar-refractivity contribution in [2.75, 3.05) is 13.2 Å². The highest BCUT2D eigenvalue weighted by molar-refractivity contribution is 5.84. The van der Waals surface area contributed by atoms with Crippen LogP contribution in [-0.4, -0.2) is 31.1 Å². The van der Waals surface area contributed by atoms with E-state index in [4.69, 9.17) is 10.5 Å². The second-order valence-electron chi connectivity index (χ2n) is 13.2. The number of rotatable bonds is 35. The second kappa shape index (κ2) is 35.4. The van der Waals surface area contributed by atoms with E-state index in [2.05, 4.69) is 19.2 Å². The summed E-state index contributed by atoms with van der Waals surface area (Å²) in [5, 5.41) is 2.97. The maximum Gasteiger partial charge on any atom is 0.328 e. The van der Waals surface area contributed by atoms with Crippen molar-refractivity contribution in [2.24, 2.45) is 5.73 Å². The molecule has 0 radical (unpaired) electrons. The Balaban J connectivity index is 3.82. The van der Waals surface area contributed by atoms with Crippen molar-refractivity contribution in [2.45, 2.75) is 219 Å². The van der Waals surface area contributed by atoms with Crippen molar-refractivity contribution in [3.05, 3.63) is 0 Å². The van der Waals surface area contributed by atoms with Gasteiger partial charge in [-0.3, -0.25) is 4.79 Å². The zero-order valence-corrected chi connectivity index (χ0v) is 29.2. The average Bonchev–Trinajstić information content (AvgIpc) is 3.00. The van der Waals surface area contributed by atoms with Crippen LogP contribution in [0.15, 0.2) is 0 Å². The molecular weight excluding hydrogens is 532 g/mol. The summed E-state index contributed by atoms with van der Waals surface area (Å²) in [4.78, 5) is 25.3. The Morgan fingerprint density at radius 1 is 0.512 bits per heavy atom. The van der Waals surface area contributed by atoms with Crippen LogP contribution < -0.4 is 11.1 Å². The largest absolute Gasteiger partial charge is 0.464 e. The number of carbonyl (C=O) groups excluding carboxylic acids is 2. The maximum absolute atomic E-state index is 12.7. The van der Waals surface area contributed by atoms with Gasteiger partial charge in [0.2, 0.25) is 5.91 Å². The van der Waals surface area contributed by atoms with Crippen LogP contribution >= 0.6 is 0 Å². The number of carbonyl (C=O) groups is 2. The fourth-order valence-corrected chi connectivity index (χ4v) is 5.88. The van der Waals surface area contributed by atoms with Gasteiger partial charge in [-0.1, -0.05) is 174 Å². The van der Waals surface area contributed by atoms with Gasteiger partial charge in [0, 0.05) is 6.42 Å². The number of amides is 1. The Labute approximate surface area is 269 Å². The van der Waals surface area contributed by atoms with E-state index in [1.807, 2.05) is 0 Å². The molecule has 0 aliphatic rings. The van der Waals surface area contributed by atoms with E-state index in [0.717, 1.165) is 38.5 Å². The van der Waals surface area contributed by atoms with Gasteiger partial charge in [0.25, 0.3) is 0 Å². The number of esters is 1. The van der Waals surface area contributed by atoms with Gasteiger partial charge < -0.3 is 15.8 Å². The van der Waals surface area contributed by atoms with Crippen molar-refractivity contribution < 1.29 is 14.3 Å². The Bertz CT molecular complexity index is 584. The van der Waals surface area contributed by atoms with Crippen molar-refractivity contribution in [3.63, 3.8) is 0 Å². The molecule has 0 saturated heterocycles. The number of hydrogen-bond acceptors (Lipinski definition) is 4. The van der Waals surface area contributed by atoms with E-state index in [0.29, 0.717) is 26.0 Å². The molecule has 0 aromatic heterocycles. The molecule has 0 bridgehead atoms. The van der Waals surface area contributed by atoms with Crippen LogP contribution in [0, 0.1) is 0 Å². The van der Waals surface area contributed by atoms with E-state index in [-0.39, 0.29) is 11.9 Å². The molecule has 1 atom stereocenters.